The third-order valence-corrected chi connectivity index (χ3v) is 3.18. The number of aromatic nitrogens is 3. The summed E-state index contributed by atoms with van der Waals surface area (Å²) in [6, 6.07) is 9.29. The number of fused-ring (bicyclic) bond motifs is 1. The fourth-order valence-electron chi connectivity index (χ4n) is 2.03. The van der Waals surface area contributed by atoms with Crippen LogP contribution in [0.4, 0.5) is 17.5 Å². The van der Waals surface area contributed by atoms with Crippen molar-refractivity contribution in [2.45, 2.75) is 6.92 Å². The fourth-order valence-corrected chi connectivity index (χ4v) is 2.25. The van der Waals surface area contributed by atoms with Gasteiger partial charge in [-0.05, 0) is 31.2 Å². The summed E-state index contributed by atoms with van der Waals surface area (Å²) in [5, 5.41) is 4.75. The molecule has 0 atom stereocenters. The Bertz CT molecular complexity index is 767. The molecule has 0 saturated carbocycles. The molecule has 3 N–H and O–H groups in total. The summed E-state index contributed by atoms with van der Waals surface area (Å²) >= 11 is 6.17. The highest BCUT2D eigenvalue weighted by Crippen LogP contribution is 2.29. The Hall–Kier alpha value is -2.40. The molecule has 5 nitrogen and oxygen atoms in total. The van der Waals surface area contributed by atoms with E-state index in [1.807, 2.05) is 37.3 Å². The zero-order valence-electron chi connectivity index (χ0n) is 10.8. The molecule has 0 amide bonds. The lowest BCUT2D eigenvalue weighted by Gasteiger charge is -2.10. The second-order valence-corrected chi connectivity index (χ2v) is 4.78. The third-order valence-electron chi connectivity index (χ3n) is 2.85. The maximum absolute atomic E-state index is 6.17. The maximum Gasteiger partial charge on any atom is 0.222 e. The molecule has 3 aromatic rings. The topological polar surface area (TPSA) is 76.7 Å². The molecule has 0 saturated heterocycles. The molecule has 2 aromatic heterocycles. The van der Waals surface area contributed by atoms with Crippen LogP contribution in [0.5, 0.6) is 0 Å². The molecule has 0 radical (unpaired) electrons. The average molecular weight is 286 g/mol. The molecule has 2 heterocycles. The van der Waals surface area contributed by atoms with Crippen LogP contribution in [0.2, 0.25) is 5.02 Å². The van der Waals surface area contributed by atoms with E-state index in [9.17, 15) is 0 Å². The quantitative estimate of drug-likeness (QED) is 0.755. The van der Waals surface area contributed by atoms with Crippen LogP contribution in [0.1, 0.15) is 5.69 Å². The van der Waals surface area contributed by atoms with Crippen molar-refractivity contribution in [2.24, 2.45) is 0 Å². The molecule has 3 rings (SSSR count). The first kappa shape index (κ1) is 12.6. The SMILES string of the molecule is Cc1cc(Nc2ccc(Cl)c3cccnc23)nc(N)n1. The second-order valence-electron chi connectivity index (χ2n) is 4.37. The number of nitrogens with one attached hydrogen (secondary N) is 1. The van der Waals surface area contributed by atoms with Gasteiger partial charge in [0, 0.05) is 23.3 Å². The van der Waals surface area contributed by atoms with Gasteiger partial charge in [-0.15, -0.1) is 0 Å². The molecule has 100 valence electrons. The highest BCUT2D eigenvalue weighted by atomic mass is 35.5. The van der Waals surface area contributed by atoms with E-state index >= 15 is 0 Å². The number of anilines is 3. The average Bonchev–Trinajstić information content (AvgIpc) is 2.41. The lowest BCUT2D eigenvalue weighted by molar-refractivity contribution is 1.12. The summed E-state index contributed by atoms with van der Waals surface area (Å²) in [6.45, 7) is 1.86. The number of hydrogen-bond acceptors (Lipinski definition) is 5. The van der Waals surface area contributed by atoms with Crippen molar-refractivity contribution in [3.05, 3.63) is 47.2 Å². The molecule has 6 heteroatoms. The molecule has 0 aliphatic heterocycles. The van der Waals surface area contributed by atoms with Crippen molar-refractivity contribution >= 4 is 40.0 Å². The lowest BCUT2D eigenvalue weighted by atomic mass is 10.2. The van der Waals surface area contributed by atoms with Gasteiger partial charge in [0.15, 0.2) is 0 Å². The Morgan fingerprint density at radius 2 is 2.05 bits per heavy atom. The van der Waals surface area contributed by atoms with E-state index in [1.54, 1.807) is 6.20 Å². The normalized spacial score (nSPS) is 10.7. The van der Waals surface area contributed by atoms with Crippen molar-refractivity contribution in [1.82, 2.24) is 15.0 Å². The number of nitrogen functional groups attached to an aromatic ring is 1. The first-order valence-corrected chi connectivity index (χ1v) is 6.43. The van der Waals surface area contributed by atoms with E-state index in [4.69, 9.17) is 17.3 Å². The van der Waals surface area contributed by atoms with Gasteiger partial charge in [-0.1, -0.05) is 11.6 Å². The molecule has 0 bridgehead atoms. The van der Waals surface area contributed by atoms with Crippen molar-refractivity contribution in [3.63, 3.8) is 0 Å². The van der Waals surface area contributed by atoms with Gasteiger partial charge in [0.25, 0.3) is 0 Å². The van der Waals surface area contributed by atoms with Crippen LogP contribution < -0.4 is 11.1 Å². The summed E-state index contributed by atoms with van der Waals surface area (Å²) in [4.78, 5) is 12.6. The number of benzene rings is 1. The molecule has 0 aliphatic rings. The minimum atomic E-state index is 0.235. The smallest absolute Gasteiger partial charge is 0.222 e. The molecular weight excluding hydrogens is 274 g/mol. The van der Waals surface area contributed by atoms with Crippen LogP contribution in [0.25, 0.3) is 10.9 Å². The van der Waals surface area contributed by atoms with Crippen molar-refractivity contribution in [1.29, 1.82) is 0 Å². The number of nitrogens with two attached hydrogens (primary N) is 1. The minimum absolute atomic E-state index is 0.235. The monoisotopic (exact) mass is 285 g/mol. The van der Waals surface area contributed by atoms with Gasteiger partial charge in [-0.3, -0.25) is 4.98 Å². The third kappa shape index (κ3) is 2.35. The molecule has 0 fully saturated rings. The van der Waals surface area contributed by atoms with Crippen LogP contribution in [0, 0.1) is 6.92 Å². The van der Waals surface area contributed by atoms with Crippen LogP contribution in [-0.2, 0) is 0 Å². The highest BCUT2D eigenvalue weighted by molar-refractivity contribution is 6.35. The van der Waals surface area contributed by atoms with Crippen molar-refractivity contribution < 1.29 is 0 Å². The standard InChI is InChI=1S/C14H12ClN5/c1-8-7-12(20-14(16)18-8)19-11-5-4-10(15)9-3-2-6-17-13(9)11/h2-7H,1H3,(H3,16,18,19,20). The Morgan fingerprint density at radius 3 is 2.85 bits per heavy atom. The summed E-state index contributed by atoms with van der Waals surface area (Å²) in [5.41, 5.74) is 8.06. The van der Waals surface area contributed by atoms with Gasteiger partial charge < -0.3 is 11.1 Å². The first-order valence-electron chi connectivity index (χ1n) is 6.05. The van der Waals surface area contributed by atoms with E-state index in [-0.39, 0.29) is 5.95 Å². The Balaban J connectivity index is 2.09. The van der Waals surface area contributed by atoms with Gasteiger partial charge in [0.1, 0.15) is 5.82 Å². The van der Waals surface area contributed by atoms with Crippen LogP contribution >= 0.6 is 11.6 Å². The lowest BCUT2D eigenvalue weighted by Crippen LogP contribution is -2.02. The number of pyridine rings is 1. The van der Waals surface area contributed by atoms with E-state index in [0.717, 1.165) is 22.3 Å². The van der Waals surface area contributed by atoms with Gasteiger partial charge >= 0.3 is 0 Å². The van der Waals surface area contributed by atoms with Gasteiger partial charge in [-0.25, -0.2) is 4.98 Å². The zero-order chi connectivity index (χ0) is 14.1. The maximum atomic E-state index is 6.17. The highest BCUT2D eigenvalue weighted by Gasteiger charge is 2.07. The summed E-state index contributed by atoms with van der Waals surface area (Å²) in [7, 11) is 0. The van der Waals surface area contributed by atoms with E-state index in [2.05, 4.69) is 20.3 Å². The Labute approximate surface area is 120 Å². The van der Waals surface area contributed by atoms with Crippen LogP contribution in [-0.4, -0.2) is 15.0 Å². The molecular formula is C14H12ClN5. The number of nitrogens with zero attached hydrogens (tertiary/aromatic N) is 3. The summed E-state index contributed by atoms with van der Waals surface area (Å²) in [5.74, 6) is 0.864. The summed E-state index contributed by atoms with van der Waals surface area (Å²) < 4.78 is 0. The van der Waals surface area contributed by atoms with Gasteiger partial charge in [0.05, 0.1) is 16.2 Å². The predicted molar refractivity (Wildman–Crippen MR) is 81.2 cm³/mol. The Morgan fingerprint density at radius 1 is 1.20 bits per heavy atom. The number of aryl methyl sites for hydroxylation is 1. The first-order chi connectivity index (χ1) is 9.63. The van der Waals surface area contributed by atoms with Gasteiger partial charge in [0.2, 0.25) is 5.95 Å². The molecule has 1 aromatic carbocycles. The molecule has 0 unspecified atom stereocenters. The van der Waals surface area contributed by atoms with E-state index < -0.39 is 0 Å². The molecule has 20 heavy (non-hydrogen) atoms. The second kappa shape index (κ2) is 4.94. The molecule has 0 aliphatic carbocycles. The largest absolute Gasteiger partial charge is 0.368 e. The zero-order valence-corrected chi connectivity index (χ0v) is 11.5. The van der Waals surface area contributed by atoms with Crippen LogP contribution in [0.3, 0.4) is 0 Å². The summed E-state index contributed by atoms with van der Waals surface area (Å²) in [6.07, 6.45) is 1.73. The number of rotatable bonds is 2. The van der Waals surface area contributed by atoms with Crippen LogP contribution in [0.15, 0.2) is 36.5 Å². The Kier molecular flexibility index (Phi) is 3.12. The van der Waals surface area contributed by atoms with Crippen molar-refractivity contribution in [3.8, 4) is 0 Å². The predicted octanol–water partition coefficient (Wildman–Crippen LogP) is 3.31. The van der Waals surface area contributed by atoms with E-state index in [0.29, 0.717) is 10.8 Å². The number of halogens is 1. The number of hydrogen-bond donors (Lipinski definition) is 2. The van der Waals surface area contributed by atoms with E-state index in [1.165, 1.54) is 0 Å². The molecule has 0 spiro atoms. The fraction of sp³-hybridized carbons (Fsp3) is 0.0714. The van der Waals surface area contributed by atoms with Gasteiger partial charge in [-0.2, -0.15) is 4.98 Å². The minimum Gasteiger partial charge on any atom is -0.368 e. The van der Waals surface area contributed by atoms with Crippen molar-refractivity contribution in [2.75, 3.05) is 11.1 Å².